The van der Waals surface area contributed by atoms with E-state index in [0.29, 0.717) is 17.6 Å². The van der Waals surface area contributed by atoms with Gasteiger partial charge < -0.3 is 29.2 Å². The molecule has 1 fully saturated rings. The standard InChI is InChI=1S/C20H28BNO7/c1-11(2)16(19(24)26-9-13-10-27-20(4,5)28-13)22-18(23)17-14-8-6-7-12(3)15(14)21(25)29-17/h6-8,11,13,16-17,25H,9-10H2,1-5H3,(H,22,23)/t13-,16-,17?/m0/s1. The fourth-order valence-corrected chi connectivity index (χ4v) is 3.58. The van der Waals surface area contributed by atoms with Gasteiger partial charge in [-0.25, -0.2) is 4.79 Å². The van der Waals surface area contributed by atoms with Gasteiger partial charge in [0.15, 0.2) is 5.79 Å². The minimum atomic E-state index is -1.17. The second-order valence-electron chi connectivity index (χ2n) is 8.26. The number of carbonyl (C=O) groups excluding carboxylic acids is 2. The third kappa shape index (κ3) is 4.80. The first-order valence-corrected chi connectivity index (χ1v) is 9.81. The molecule has 1 saturated heterocycles. The second kappa shape index (κ2) is 8.43. The highest BCUT2D eigenvalue weighted by Crippen LogP contribution is 2.26. The summed E-state index contributed by atoms with van der Waals surface area (Å²) < 4.78 is 21.9. The SMILES string of the molecule is Cc1cccc2c1B(O)OC2C(=O)N[C@H](C(=O)OC[C@H]1COC(C)(C)O1)C(C)C. The topological polar surface area (TPSA) is 103 Å². The molecule has 9 heteroatoms. The van der Waals surface area contributed by atoms with Crippen LogP contribution in [0.15, 0.2) is 18.2 Å². The van der Waals surface area contributed by atoms with Crippen LogP contribution >= 0.6 is 0 Å². The van der Waals surface area contributed by atoms with Gasteiger partial charge >= 0.3 is 13.1 Å². The number of aryl methyl sites for hydroxylation is 1. The molecule has 8 nitrogen and oxygen atoms in total. The Morgan fingerprint density at radius 3 is 2.72 bits per heavy atom. The maximum absolute atomic E-state index is 12.8. The zero-order valence-corrected chi connectivity index (χ0v) is 17.4. The number of fused-ring (bicyclic) bond motifs is 1. The minimum absolute atomic E-state index is 0.0437. The molecule has 0 aromatic heterocycles. The van der Waals surface area contributed by atoms with Crippen molar-refractivity contribution in [2.45, 2.75) is 58.7 Å². The molecule has 2 heterocycles. The molecular formula is C20H28BNO7. The Morgan fingerprint density at radius 1 is 1.38 bits per heavy atom. The Kier molecular flexibility index (Phi) is 6.33. The van der Waals surface area contributed by atoms with E-state index in [0.717, 1.165) is 5.56 Å². The van der Waals surface area contributed by atoms with Crippen LogP contribution in [0.3, 0.4) is 0 Å². The van der Waals surface area contributed by atoms with Crippen molar-refractivity contribution in [2.75, 3.05) is 13.2 Å². The number of carbonyl (C=O) groups is 2. The summed E-state index contributed by atoms with van der Waals surface area (Å²) >= 11 is 0. The summed E-state index contributed by atoms with van der Waals surface area (Å²) in [6, 6.07) is 4.53. The fraction of sp³-hybridized carbons (Fsp3) is 0.600. The summed E-state index contributed by atoms with van der Waals surface area (Å²) in [6.45, 7) is 9.43. The molecule has 1 unspecified atom stereocenters. The van der Waals surface area contributed by atoms with Crippen LogP contribution in [0.5, 0.6) is 0 Å². The van der Waals surface area contributed by atoms with Gasteiger partial charge in [0.1, 0.15) is 24.9 Å². The number of nitrogens with one attached hydrogen (secondary N) is 1. The molecule has 0 spiro atoms. The number of hydrogen-bond donors (Lipinski definition) is 2. The fourth-order valence-electron chi connectivity index (χ4n) is 3.58. The first-order chi connectivity index (χ1) is 13.6. The Hall–Kier alpha value is -1.94. The number of benzene rings is 1. The van der Waals surface area contributed by atoms with Crippen molar-refractivity contribution in [3.8, 4) is 0 Å². The van der Waals surface area contributed by atoms with Crippen molar-refractivity contribution in [1.82, 2.24) is 5.32 Å². The van der Waals surface area contributed by atoms with Gasteiger partial charge in [-0.05, 0) is 37.7 Å². The highest BCUT2D eigenvalue weighted by molar-refractivity contribution is 6.62. The van der Waals surface area contributed by atoms with Crippen molar-refractivity contribution in [3.63, 3.8) is 0 Å². The first-order valence-electron chi connectivity index (χ1n) is 9.81. The van der Waals surface area contributed by atoms with Crippen molar-refractivity contribution >= 4 is 24.5 Å². The quantitative estimate of drug-likeness (QED) is 0.528. The molecule has 1 amide bonds. The van der Waals surface area contributed by atoms with Crippen molar-refractivity contribution < 1.29 is 33.5 Å². The zero-order valence-electron chi connectivity index (χ0n) is 17.4. The third-order valence-corrected chi connectivity index (χ3v) is 5.09. The normalized spacial score (nSPS) is 23.8. The third-order valence-electron chi connectivity index (χ3n) is 5.09. The van der Waals surface area contributed by atoms with Crippen molar-refractivity contribution in [2.24, 2.45) is 5.92 Å². The van der Waals surface area contributed by atoms with E-state index >= 15 is 0 Å². The molecule has 2 aliphatic heterocycles. The maximum Gasteiger partial charge on any atom is 0.492 e. The Labute approximate surface area is 171 Å². The summed E-state index contributed by atoms with van der Waals surface area (Å²) in [5.74, 6) is -1.95. The number of rotatable bonds is 6. The lowest BCUT2D eigenvalue weighted by Gasteiger charge is -2.24. The molecule has 0 saturated carbocycles. The van der Waals surface area contributed by atoms with Crippen molar-refractivity contribution in [3.05, 3.63) is 29.3 Å². The lowest BCUT2D eigenvalue weighted by Crippen LogP contribution is -2.47. The van der Waals surface area contributed by atoms with Gasteiger partial charge in [-0.15, -0.1) is 0 Å². The van der Waals surface area contributed by atoms with Gasteiger partial charge in [-0.2, -0.15) is 0 Å². The molecule has 0 bridgehead atoms. The molecule has 2 aliphatic rings. The van der Waals surface area contributed by atoms with Crippen LogP contribution in [0.2, 0.25) is 0 Å². The van der Waals surface area contributed by atoms with Crippen LogP contribution in [-0.4, -0.2) is 55.2 Å². The molecule has 0 aliphatic carbocycles. The summed E-state index contributed by atoms with van der Waals surface area (Å²) in [4.78, 5) is 25.4. The molecule has 1 aromatic carbocycles. The van der Waals surface area contributed by atoms with Crippen LogP contribution in [0.25, 0.3) is 0 Å². The van der Waals surface area contributed by atoms with Gasteiger partial charge in [-0.3, -0.25) is 4.79 Å². The van der Waals surface area contributed by atoms with E-state index in [1.807, 2.05) is 26.8 Å². The Balaban J connectivity index is 1.63. The second-order valence-corrected chi connectivity index (χ2v) is 8.26. The van der Waals surface area contributed by atoms with Crippen LogP contribution in [0.1, 0.15) is 44.9 Å². The summed E-state index contributed by atoms with van der Waals surface area (Å²) in [5, 5.41) is 12.9. The molecule has 29 heavy (non-hydrogen) atoms. The molecule has 3 rings (SSSR count). The molecular weight excluding hydrogens is 377 g/mol. The minimum Gasteiger partial charge on any atom is -0.461 e. The first kappa shape index (κ1) is 21.8. The van der Waals surface area contributed by atoms with Gasteiger partial charge in [0.2, 0.25) is 0 Å². The van der Waals surface area contributed by atoms with Gasteiger partial charge in [0, 0.05) is 0 Å². The highest BCUT2D eigenvalue weighted by Gasteiger charge is 2.41. The van der Waals surface area contributed by atoms with Gasteiger partial charge in [0.25, 0.3) is 5.91 Å². The lowest BCUT2D eigenvalue weighted by molar-refractivity contribution is -0.161. The Bertz CT molecular complexity index is 782. The highest BCUT2D eigenvalue weighted by atomic mass is 16.7. The average molecular weight is 405 g/mol. The zero-order chi connectivity index (χ0) is 21.3. The monoisotopic (exact) mass is 405 g/mol. The lowest BCUT2D eigenvalue weighted by atomic mass is 9.76. The van der Waals surface area contributed by atoms with E-state index in [1.54, 1.807) is 26.0 Å². The maximum atomic E-state index is 12.8. The number of ether oxygens (including phenoxy) is 3. The summed E-state index contributed by atoms with van der Waals surface area (Å²) in [7, 11) is -1.17. The predicted molar refractivity (Wildman–Crippen MR) is 105 cm³/mol. The van der Waals surface area contributed by atoms with E-state index in [9.17, 15) is 14.6 Å². The smallest absolute Gasteiger partial charge is 0.461 e. The van der Waals surface area contributed by atoms with E-state index in [1.165, 1.54) is 0 Å². The largest absolute Gasteiger partial charge is 0.492 e. The molecule has 1 aromatic rings. The molecule has 0 radical (unpaired) electrons. The van der Waals surface area contributed by atoms with Crippen LogP contribution in [-0.2, 0) is 28.5 Å². The van der Waals surface area contributed by atoms with E-state index < -0.39 is 36.9 Å². The Morgan fingerprint density at radius 2 is 2.10 bits per heavy atom. The predicted octanol–water partition coefficient (Wildman–Crippen LogP) is 0.589. The molecule has 158 valence electrons. The van der Waals surface area contributed by atoms with E-state index in [2.05, 4.69) is 5.32 Å². The summed E-state index contributed by atoms with van der Waals surface area (Å²) in [5.41, 5.74) is 2.04. The number of hydrogen-bond acceptors (Lipinski definition) is 7. The number of esters is 1. The van der Waals surface area contributed by atoms with Crippen LogP contribution in [0, 0.1) is 12.8 Å². The summed E-state index contributed by atoms with van der Waals surface area (Å²) in [6.07, 6.45) is -1.33. The van der Waals surface area contributed by atoms with E-state index in [-0.39, 0.29) is 18.6 Å². The van der Waals surface area contributed by atoms with Gasteiger partial charge in [0.05, 0.1) is 6.61 Å². The molecule has 2 N–H and O–H groups in total. The van der Waals surface area contributed by atoms with Gasteiger partial charge in [-0.1, -0.05) is 37.6 Å². The molecule has 3 atom stereocenters. The van der Waals surface area contributed by atoms with Crippen LogP contribution in [0.4, 0.5) is 0 Å². The van der Waals surface area contributed by atoms with Crippen molar-refractivity contribution in [1.29, 1.82) is 0 Å². The van der Waals surface area contributed by atoms with E-state index in [4.69, 9.17) is 18.9 Å². The average Bonchev–Trinajstić information content (AvgIpc) is 3.17. The van der Waals surface area contributed by atoms with Crippen LogP contribution < -0.4 is 10.8 Å². The number of amides is 1.